The zero-order valence-corrected chi connectivity index (χ0v) is 9.74. The van der Waals surface area contributed by atoms with E-state index in [1.807, 2.05) is 31.2 Å². The third-order valence-electron chi connectivity index (χ3n) is 1.93. The fourth-order valence-electron chi connectivity index (χ4n) is 1.13. The van der Waals surface area contributed by atoms with Crippen molar-refractivity contribution in [2.24, 2.45) is 0 Å². The second kappa shape index (κ2) is 4.60. The largest absolute Gasteiger partial charge is 0.469 e. The number of carbonyl (C=O) groups excluding carboxylic acids is 1. The van der Waals surface area contributed by atoms with Crippen LogP contribution in [0, 0.1) is 3.57 Å². The van der Waals surface area contributed by atoms with Crippen LogP contribution in [0.25, 0.3) is 0 Å². The summed E-state index contributed by atoms with van der Waals surface area (Å²) in [6, 6.07) is 7.81. The predicted molar refractivity (Wildman–Crippen MR) is 59.6 cm³/mol. The first-order valence-corrected chi connectivity index (χ1v) is 5.07. The molecule has 2 nitrogen and oxygen atoms in total. The quantitative estimate of drug-likeness (QED) is 0.618. The zero-order valence-electron chi connectivity index (χ0n) is 7.58. The summed E-state index contributed by atoms with van der Waals surface area (Å²) in [4.78, 5) is 11.2. The molecule has 0 spiro atoms. The molecule has 3 heteroatoms. The van der Waals surface area contributed by atoms with Gasteiger partial charge < -0.3 is 4.74 Å². The number of rotatable bonds is 2. The van der Waals surface area contributed by atoms with Gasteiger partial charge in [-0.05, 0) is 41.1 Å². The van der Waals surface area contributed by atoms with Gasteiger partial charge in [0.05, 0.1) is 13.0 Å². The molecule has 0 radical (unpaired) electrons. The molecule has 0 aliphatic rings. The maximum atomic E-state index is 11.2. The van der Waals surface area contributed by atoms with Crippen molar-refractivity contribution in [2.75, 3.05) is 7.11 Å². The summed E-state index contributed by atoms with van der Waals surface area (Å²) in [6.45, 7) is 1.85. The molecule has 0 saturated carbocycles. The highest BCUT2D eigenvalue weighted by Crippen LogP contribution is 2.22. The van der Waals surface area contributed by atoms with E-state index in [0.717, 1.165) is 9.13 Å². The number of benzene rings is 1. The van der Waals surface area contributed by atoms with E-state index in [0.29, 0.717) is 0 Å². The normalized spacial score (nSPS) is 12.2. The van der Waals surface area contributed by atoms with E-state index in [2.05, 4.69) is 27.3 Å². The average molecular weight is 290 g/mol. The van der Waals surface area contributed by atoms with Crippen molar-refractivity contribution in [3.05, 3.63) is 33.4 Å². The van der Waals surface area contributed by atoms with Gasteiger partial charge in [-0.3, -0.25) is 4.79 Å². The monoisotopic (exact) mass is 290 g/mol. The van der Waals surface area contributed by atoms with Crippen LogP contribution in [0.3, 0.4) is 0 Å². The highest BCUT2D eigenvalue weighted by Gasteiger charge is 2.17. The minimum atomic E-state index is -0.191. The van der Waals surface area contributed by atoms with Crippen LogP contribution in [-0.2, 0) is 9.53 Å². The number of esters is 1. The van der Waals surface area contributed by atoms with Crippen LogP contribution < -0.4 is 0 Å². The molecule has 1 atom stereocenters. The Morgan fingerprint density at radius 3 is 2.62 bits per heavy atom. The molecule has 0 heterocycles. The number of carbonyl (C=O) groups is 1. The molecule has 1 unspecified atom stereocenters. The van der Waals surface area contributed by atoms with Gasteiger partial charge in [-0.2, -0.15) is 0 Å². The SMILES string of the molecule is COC(=O)C(C)c1ccccc1I. The number of methoxy groups -OCH3 is 1. The molecule has 0 aromatic heterocycles. The van der Waals surface area contributed by atoms with Crippen LogP contribution in [0.4, 0.5) is 0 Å². The minimum Gasteiger partial charge on any atom is -0.469 e. The van der Waals surface area contributed by atoms with Crippen LogP contribution in [0.2, 0.25) is 0 Å². The first kappa shape index (κ1) is 10.5. The molecule has 1 aromatic carbocycles. The first-order chi connectivity index (χ1) is 6.16. The van der Waals surface area contributed by atoms with E-state index in [1.54, 1.807) is 0 Å². The fraction of sp³-hybridized carbons (Fsp3) is 0.300. The molecule has 0 saturated heterocycles. The zero-order chi connectivity index (χ0) is 9.84. The van der Waals surface area contributed by atoms with Gasteiger partial charge in [-0.25, -0.2) is 0 Å². The molecule has 70 valence electrons. The number of hydrogen-bond donors (Lipinski definition) is 0. The summed E-state index contributed by atoms with van der Waals surface area (Å²) in [6.07, 6.45) is 0. The van der Waals surface area contributed by atoms with E-state index in [9.17, 15) is 4.79 Å². The molecular weight excluding hydrogens is 279 g/mol. The summed E-state index contributed by atoms with van der Waals surface area (Å²) in [5, 5.41) is 0. The van der Waals surface area contributed by atoms with E-state index >= 15 is 0 Å². The summed E-state index contributed by atoms with van der Waals surface area (Å²) in [7, 11) is 1.41. The van der Waals surface area contributed by atoms with Gasteiger partial charge in [0, 0.05) is 3.57 Å². The molecule has 0 N–H and O–H groups in total. The van der Waals surface area contributed by atoms with Crippen molar-refractivity contribution in [1.82, 2.24) is 0 Å². The number of halogens is 1. The lowest BCUT2D eigenvalue weighted by atomic mass is 10.0. The third-order valence-corrected chi connectivity index (χ3v) is 2.91. The van der Waals surface area contributed by atoms with Gasteiger partial charge in [0.25, 0.3) is 0 Å². The summed E-state index contributed by atoms with van der Waals surface area (Å²) in [5.41, 5.74) is 1.02. The second-order valence-corrected chi connectivity index (χ2v) is 3.93. The molecular formula is C10H11IO2. The minimum absolute atomic E-state index is 0.182. The lowest BCUT2D eigenvalue weighted by molar-refractivity contribution is -0.142. The van der Waals surface area contributed by atoms with Crippen molar-refractivity contribution in [2.45, 2.75) is 12.8 Å². The van der Waals surface area contributed by atoms with E-state index in [-0.39, 0.29) is 11.9 Å². The van der Waals surface area contributed by atoms with Crippen LogP contribution in [0.1, 0.15) is 18.4 Å². The van der Waals surface area contributed by atoms with Gasteiger partial charge in [0.2, 0.25) is 0 Å². The van der Waals surface area contributed by atoms with E-state index in [4.69, 9.17) is 0 Å². The van der Waals surface area contributed by atoms with Crippen molar-refractivity contribution in [3.8, 4) is 0 Å². The molecule has 1 rings (SSSR count). The van der Waals surface area contributed by atoms with Gasteiger partial charge >= 0.3 is 5.97 Å². The number of hydrogen-bond acceptors (Lipinski definition) is 2. The highest BCUT2D eigenvalue weighted by atomic mass is 127. The Balaban J connectivity index is 2.95. The molecule has 0 aliphatic heterocycles. The van der Waals surface area contributed by atoms with E-state index < -0.39 is 0 Å². The lowest BCUT2D eigenvalue weighted by Gasteiger charge is -2.10. The fourth-order valence-corrected chi connectivity index (χ4v) is 1.98. The molecule has 0 amide bonds. The van der Waals surface area contributed by atoms with Crippen LogP contribution >= 0.6 is 22.6 Å². The maximum Gasteiger partial charge on any atom is 0.312 e. The van der Waals surface area contributed by atoms with Crippen molar-refractivity contribution < 1.29 is 9.53 Å². The van der Waals surface area contributed by atoms with Gasteiger partial charge in [-0.1, -0.05) is 18.2 Å². The van der Waals surface area contributed by atoms with Gasteiger partial charge in [-0.15, -0.1) is 0 Å². The summed E-state index contributed by atoms with van der Waals surface area (Å²) < 4.78 is 5.77. The first-order valence-electron chi connectivity index (χ1n) is 3.99. The van der Waals surface area contributed by atoms with Crippen molar-refractivity contribution >= 4 is 28.6 Å². The molecule has 0 bridgehead atoms. The summed E-state index contributed by atoms with van der Waals surface area (Å²) in [5.74, 6) is -0.373. The molecule has 0 aliphatic carbocycles. The topological polar surface area (TPSA) is 26.3 Å². The lowest BCUT2D eigenvalue weighted by Crippen LogP contribution is -2.11. The Morgan fingerprint density at radius 1 is 1.46 bits per heavy atom. The molecule has 1 aromatic rings. The van der Waals surface area contributed by atoms with Gasteiger partial charge in [0.1, 0.15) is 0 Å². The third kappa shape index (κ3) is 2.43. The Labute approximate surface area is 91.4 Å². The Hall–Kier alpha value is -0.580. The molecule has 0 fully saturated rings. The highest BCUT2D eigenvalue weighted by molar-refractivity contribution is 14.1. The van der Waals surface area contributed by atoms with Crippen molar-refractivity contribution in [1.29, 1.82) is 0 Å². The maximum absolute atomic E-state index is 11.2. The van der Waals surface area contributed by atoms with Crippen LogP contribution in [0.15, 0.2) is 24.3 Å². The second-order valence-electron chi connectivity index (χ2n) is 2.77. The van der Waals surface area contributed by atoms with Crippen LogP contribution in [-0.4, -0.2) is 13.1 Å². The number of ether oxygens (including phenoxy) is 1. The van der Waals surface area contributed by atoms with E-state index in [1.165, 1.54) is 7.11 Å². The smallest absolute Gasteiger partial charge is 0.312 e. The van der Waals surface area contributed by atoms with Crippen LogP contribution in [0.5, 0.6) is 0 Å². The standard InChI is InChI=1S/C10H11IO2/c1-7(10(12)13-2)8-5-3-4-6-9(8)11/h3-7H,1-2H3. The Morgan fingerprint density at radius 2 is 2.08 bits per heavy atom. The average Bonchev–Trinajstić information content (AvgIpc) is 2.16. The summed E-state index contributed by atoms with van der Waals surface area (Å²) >= 11 is 2.22. The predicted octanol–water partition coefficient (Wildman–Crippen LogP) is 2.57. The molecule has 13 heavy (non-hydrogen) atoms. The Kier molecular flexibility index (Phi) is 3.71. The van der Waals surface area contributed by atoms with Gasteiger partial charge in [0.15, 0.2) is 0 Å². The van der Waals surface area contributed by atoms with Crippen molar-refractivity contribution in [3.63, 3.8) is 0 Å². The Bertz CT molecular complexity index is 310.